The summed E-state index contributed by atoms with van der Waals surface area (Å²) in [7, 11) is 0. The molecular weight excluding hydrogens is 224 g/mol. The molecular formula is C16H30O2. The predicted octanol–water partition coefficient (Wildman–Crippen LogP) is 3.50. The summed E-state index contributed by atoms with van der Waals surface area (Å²) in [6, 6.07) is 0. The second-order valence-corrected chi connectivity index (χ2v) is 8.28. The molecule has 106 valence electrons. The summed E-state index contributed by atoms with van der Waals surface area (Å²) in [6.45, 7) is 10.0. The van der Waals surface area contributed by atoms with E-state index in [-0.39, 0.29) is 10.8 Å². The van der Waals surface area contributed by atoms with Crippen molar-refractivity contribution in [2.45, 2.75) is 84.3 Å². The minimum atomic E-state index is -0.671. The molecule has 2 N–H and O–H groups in total. The predicted molar refractivity (Wildman–Crippen MR) is 74.3 cm³/mol. The fourth-order valence-electron chi connectivity index (χ4n) is 4.30. The third-order valence-electron chi connectivity index (χ3n) is 6.32. The van der Waals surface area contributed by atoms with Crippen LogP contribution in [0, 0.1) is 16.7 Å². The van der Waals surface area contributed by atoms with Crippen LogP contribution < -0.4 is 0 Å². The van der Waals surface area contributed by atoms with E-state index in [1.165, 1.54) is 12.8 Å². The van der Waals surface area contributed by atoms with Gasteiger partial charge in [0, 0.05) is 0 Å². The Bertz CT molecular complexity index is 323. The van der Waals surface area contributed by atoms with E-state index in [1.807, 2.05) is 27.7 Å². The van der Waals surface area contributed by atoms with Crippen LogP contribution >= 0.6 is 0 Å². The van der Waals surface area contributed by atoms with Crippen LogP contribution in [-0.4, -0.2) is 21.4 Å². The Balaban J connectivity index is 2.37. The Hall–Kier alpha value is -0.0800. The molecule has 2 aliphatic carbocycles. The minimum Gasteiger partial charge on any atom is -0.390 e. The van der Waals surface area contributed by atoms with Crippen LogP contribution in [0.5, 0.6) is 0 Å². The molecule has 0 radical (unpaired) electrons. The summed E-state index contributed by atoms with van der Waals surface area (Å²) in [5.74, 6) is 0.751. The van der Waals surface area contributed by atoms with Gasteiger partial charge >= 0.3 is 0 Å². The van der Waals surface area contributed by atoms with Crippen molar-refractivity contribution in [1.82, 2.24) is 0 Å². The zero-order valence-electron chi connectivity index (χ0n) is 12.7. The van der Waals surface area contributed by atoms with Gasteiger partial charge in [0.25, 0.3) is 0 Å². The Morgan fingerprint density at radius 3 is 2.00 bits per heavy atom. The third-order valence-corrected chi connectivity index (χ3v) is 6.32. The Morgan fingerprint density at radius 1 is 0.944 bits per heavy atom. The first-order valence-corrected chi connectivity index (χ1v) is 7.44. The van der Waals surface area contributed by atoms with E-state index in [9.17, 15) is 10.2 Å². The molecule has 0 saturated heterocycles. The van der Waals surface area contributed by atoms with Crippen LogP contribution in [0.25, 0.3) is 0 Å². The lowest BCUT2D eigenvalue weighted by molar-refractivity contribution is -0.121. The van der Waals surface area contributed by atoms with E-state index in [0.29, 0.717) is 0 Å². The van der Waals surface area contributed by atoms with E-state index in [4.69, 9.17) is 0 Å². The molecule has 2 saturated carbocycles. The zero-order valence-corrected chi connectivity index (χ0v) is 12.7. The SMILES string of the molecule is CC(C)(O)C1(C)CCC2CCC(C(C)(C)O)(C2)C1. The van der Waals surface area contributed by atoms with Gasteiger partial charge in [-0.15, -0.1) is 0 Å². The number of rotatable bonds is 2. The van der Waals surface area contributed by atoms with E-state index < -0.39 is 11.2 Å². The van der Waals surface area contributed by atoms with Crippen molar-refractivity contribution in [2.24, 2.45) is 16.7 Å². The average molecular weight is 254 g/mol. The molecule has 3 atom stereocenters. The van der Waals surface area contributed by atoms with Gasteiger partial charge in [0.05, 0.1) is 11.2 Å². The van der Waals surface area contributed by atoms with Gasteiger partial charge in [-0.25, -0.2) is 0 Å². The maximum Gasteiger partial charge on any atom is 0.0648 e. The van der Waals surface area contributed by atoms with Crippen molar-refractivity contribution in [3.05, 3.63) is 0 Å². The van der Waals surface area contributed by atoms with Gasteiger partial charge in [0.15, 0.2) is 0 Å². The highest BCUT2D eigenvalue weighted by molar-refractivity contribution is 5.07. The topological polar surface area (TPSA) is 40.5 Å². The van der Waals surface area contributed by atoms with Crippen molar-refractivity contribution in [3.63, 3.8) is 0 Å². The highest BCUT2D eigenvalue weighted by Gasteiger charge is 2.56. The molecule has 0 aromatic rings. The first-order chi connectivity index (χ1) is 7.99. The molecule has 2 bridgehead atoms. The highest BCUT2D eigenvalue weighted by atomic mass is 16.3. The quantitative estimate of drug-likeness (QED) is 0.791. The monoisotopic (exact) mass is 254 g/mol. The van der Waals surface area contributed by atoms with Gasteiger partial charge in [-0.3, -0.25) is 0 Å². The van der Waals surface area contributed by atoms with Crippen LogP contribution in [-0.2, 0) is 0 Å². The smallest absolute Gasteiger partial charge is 0.0648 e. The molecule has 0 aliphatic heterocycles. The second kappa shape index (κ2) is 3.96. The van der Waals surface area contributed by atoms with Gasteiger partial charge in [-0.1, -0.05) is 6.92 Å². The molecule has 0 heterocycles. The summed E-state index contributed by atoms with van der Waals surface area (Å²) >= 11 is 0. The van der Waals surface area contributed by atoms with E-state index in [1.54, 1.807) is 0 Å². The van der Waals surface area contributed by atoms with Crippen molar-refractivity contribution in [1.29, 1.82) is 0 Å². The molecule has 3 unspecified atom stereocenters. The molecule has 0 aromatic carbocycles. The molecule has 2 rings (SSSR count). The average Bonchev–Trinajstić information content (AvgIpc) is 2.48. The van der Waals surface area contributed by atoms with Crippen molar-refractivity contribution < 1.29 is 10.2 Å². The fraction of sp³-hybridized carbons (Fsp3) is 1.00. The maximum absolute atomic E-state index is 10.7. The van der Waals surface area contributed by atoms with Crippen LogP contribution in [0.2, 0.25) is 0 Å². The molecule has 2 fully saturated rings. The van der Waals surface area contributed by atoms with Gasteiger partial charge < -0.3 is 10.2 Å². The van der Waals surface area contributed by atoms with Crippen LogP contribution in [0.1, 0.15) is 73.1 Å². The lowest BCUT2D eigenvalue weighted by Crippen LogP contribution is -2.50. The lowest BCUT2D eigenvalue weighted by Gasteiger charge is -2.50. The largest absolute Gasteiger partial charge is 0.390 e. The van der Waals surface area contributed by atoms with Crippen molar-refractivity contribution in [2.75, 3.05) is 0 Å². The summed E-state index contributed by atoms with van der Waals surface area (Å²) in [4.78, 5) is 0. The zero-order chi connectivity index (χ0) is 13.8. The summed E-state index contributed by atoms with van der Waals surface area (Å²) in [5, 5.41) is 21.2. The molecule has 2 nitrogen and oxygen atoms in total. The molecule has 0 amide bonds. The van der Waals surface area contributed by atoms with Gasteiger partial charge in [-0.2, -0.15) is 0 Å². The van der Waals surface area contributed by atoms with Crippen LogP contribution in [0.15, 0.2) is 0 Å². The number of aliphatic hydroxyl groups is 2. The first kappa shape index (κ1) is 14.3. The molecule has 18 heavy (non-hydrogen) atoms. The maximum atomic E-state index is 10.7. The van der Waals surface area contributed by atoms with Gasteiger partial charge in [-0.05, 0) is 83.0 Å². The standard InChI is InChI=1S/C16H30O2/c1-13(2,17)15(5)8-6-12-7-9-16(10-12,11-15)14(3,4)18/h12,17-18H,6-11H2,1-5H3. The Labute approximate surface area is 112 Å². The third kappa shape index (κ3) is 2.12. The van der Waals surface area contributed by atoms with Crippen molar-refractivity contribution in [3.8, 4) is 0 Å². The van der Waals surface area contributed by atoms with E-state index >= 15 is 0 Å². The van der Waals surface area contributed by atoms with Gasteiger partial charge in [0.2, 0.25) is 0 Å². The Kier molecular flexibility index (Phi) is 3.15. The fourth-order valence-corrected chi connectivity index (χ4v) is 4.30. The summed E-state index contributed by atoms with van der Waals surface area (Å²) < 4.78 is 0. The summed E-state index contributed by atoms with van der Waals surface area (Å²) in [5.41, 5.74) is -1.39. The van der Waals surface area contributed by atoms with Crippen LogP contribution in [0.4, 0.5) is 0 Å². The lowest BCUT2D eigenvalue weighted by atomic mass is 9.59. The van der Waals surface area contributed by atoms with E-state index in [0.717, 1.165) is 31.6 Å². The minimum absolute atomic E-state index is 0.00289. The van der Waals surface area contributed by atoms with E-state index in [2.05, 4.69) is 6.92 Å². The Morgan fingerprint density at radius 2 is 1.50 bits per heavy atom. The molecule has 0 spiro atoms. The number of fused-ring (bicyclic) bond motifs is 2. The highest BCUT2D eigenvalue weighted by Crippen LogP contribution is 2.61. The molecule has 0 aromatic heterocycles. The van der Waals surface area contributed by atoms with Gasteiger partial charge in [0.1, 0.15) is 0 Å². The first-order valence-electron chi connectivity index (χ1n) is 7.44. The second-order valence-electron chi connectivity index (χ2n) is 8.28. The molecule has 2 aliphatic rings. The summed E-state index contributed by atoms with van der Waals surface area (Å²) in [6.07, 6.45) is 6.75. The van der Waals surface area contributed by atoms with Crippen molar-refractivity contribution >= 4 is 0 Å². The number of hydrogen-bond donors (Lipinski definition) is 2. The number of hydrogen-bond acceptors (Lipinski definition) is 2. The normalized spacial score (nSPS) is 41.8. The van der Waals surface area contributed by atoms with Crippen LogP contribution in [0.3, 0.4) is 0 Å². The molecule has 2 heteroatoms.